The van der Waals surface area contributed by atoms with Crippen molar-refractivity contribution in [2.45, 2.75) is 26.4 Å². The van der Waals surface area contributed by atoms with E-state index in [9.17, 15) is 4.79 Å². The van der Waals surface area contributed by atoms with Crippen LogP contribution in [0, 0.1) is 6.92 Å². The number of aromatic nitrogens is 1. The second-order valence-corrected chi connectivity index (χ2v) is 6.35. The Bertz CT molecular complexity index is 975. The maximum absolute atomic E-state index is 12.5. The highest BCUT2D eigenvalue weighted by Crippen LogP contribution is 2.36. The van der Waals surface area contributed by atoms with E-state index in [1.807, 2.05) is 43.3 Å². The lowest BCUT2D eigenvalue weighted by atomic mass is 10.1. The number of fused-ring (bicyclic) bond motifs is 3. The van der Waals surface area contributed by atoms with Gasteiger partial charge in [-0.25, -0.2) is 0 Å². The normalized spacial score (nSPS) is 12.9. The molecular formula is C21H19N3O3. The molecule has 0 bridgehead atoms. The summed E-state index contributed by atoms with van der Waals surface area (Å²) in [6, 6.07) is 17.7. The van der Waals surface area contributed by atoms with Crippen molar-refractivity contribution in [3.05, 3.63) is 71.5 Å². The Hall–Kier alpha value is -3.41. The average Bonchev–Trinajstić information content (AvgIpc) is 3.24. The van der Waals surface area contributed by atoms with Crippen LogP contribution in [-0.2, 0) is 9.63 Å². The SMILES string of the molecule is CCC(ON=C1c2ccccc2-c2ccccc21)C(=O)Nc1cc(C)on1. The maximum Gasteiger partial charge on any atom is 0.269 e. The third kappa shape index (κ3) is 3.21. The Labute approximate surface area is 156 Å². The lowest BCUT2D eigenvalue weighted by molar-refractivity contribution is -0.127. The zero-order chi connectivity index (χ0) is 18.8. The highest BCUT2D eigenvalue weighted by molar-refractivity contribution is 6.24. The Kier molecular flexibility index (Phi) is 4.46. The first-order valence-electron chi connectivity index (χ1n) is 8.84. The zero-order valence-electron chi connectivity index (χ0n) is 15.1. The minimum Gasteiger partial charge on any atom is -0.382 e. The van der Waals surface area contributed by atoms with Gasteiger partial charge in [0.15, 0.2) is 5.82 Å². The molecular weight excluding hydrogens is 342 g/mol. The number of oxime groups is 1. The summed E-state index contributed by atoms with van der Waals surface area (Å²) in [5, 5.41) is 10.8. The second-order valence-electron chi connectivity index (χ2n) is 6.35. The van der Waals surface area contributed by atoms with E-state index >= 15 is 0 Å². The number of amides is 1. The summed E-state index contributed by atoms with van der Waals surface area (Å²) in [4.78, 5) is 18.1. The molecule has 0 spiro atoms. The summed E-state index contributed by atoms with van der Waals surface area (Å²) < 4.78 is 4.97. The van der Waals surface area contributed by atoms with Crippen LogP contribution in [0.4, 0.5) is 5.82 Å². The molecule has 1 N–H and O–H groups in total. The summed E-state index contributed by atoms with van der Waals surface area (Å²) in [5.41, 5.74) is 4.98. The minimum atomic E-state index is -0.727. The van der Waals surface area contributed by atoms with Gasteiger partial charge in [-0.15, -0.1) is 0 Å². The van der Waals surface area contributed by atoms with Crippen LogP contribution in [0.15, 0.2) is 64.3 Å². The molecule has 1 aliphatic carbocycles. The topological polar surface area (TPSA) is 76.7 Å². The van der Waals surface area contributed by atoms with Gasteiger partial charge in [-0.2, -0.15) is 0 Å². The number of aryl methyl sites for hydroxylation is 1. The summed E-state index contributed by atoms with van der Waals surface area (Å²) in [5.74, 6) is 0.678. The van der Waals surface area contributed by atoms with E-state index in [2.05, 4.69) is 27.8 Å². The summed E-state index contributed by atoms with van der Waals surface area (Å²) in [6.45, 7) is 3.63. The van der Waals surface area contributed by atoms with Crippen molar-refractivity contribution >= 4 is 17.4 Å². The van der Waals surface area contributed by atoms with Gasteiger partial charge in [0.25, 0.3) is 5.91 Å². The lowest BCUT2D eigenvalue weighted by Gasteiger charge is -2.12. The largest absolute Gasteiger partial charge is 0.382 e. The molecule has 4 rings (SSSR count). The maximum atomic E-state index is 12.5. The number of hydrogen-bond donors (Lipinski definition) is 1. The minimum absolute atomic E-state index is 0.310. The highest BCUT2D eigenvalue weighted by atomic mass is 16.6. The van der Waals surface area contributed by atoms with Crippen LogP contribution in [0.3, 0.4) is 0 Å². The van der Waals surface area contributed by atoms with E-state index in [1.54, 1.807) is 13.0 Å². The third-order valence-electron chi connectivity index (χ3n) is 4.47. The Morgan fingerprint density at radius 2 is 1.70 bits per heavy atom. The first-order chi connectivity index (χ1) is 13.2. The molecule has 0 saturated carbocycles. The Balaban J connectivity index is 1.58. The van der Waals surface area contributed by atoms with E-state index in [1.165, 1.54) is 0 Å². The summed E-state index contributed by atoms with van der Waals surface area (Å²) in [7, 11) is 0. The predicted octanol–water partition coefficient (Wildman–Crippen LogP) is 4.15. The summed E-state index contributed by atoms with van der Waals surface area (Å²) in [6.07, 6.45) is -0.252. The molecule has 6 heteroatoms. The molecule has 136 valence electrons. The van der Waals surface area contributed by atoms with E-state index in [0.29, 0.717) is 18.0 Å². The van der Waals surface area contributed by atoms with Crippen molar-refractivity contribution < 1.29 is 14.2 Å². The Morgan fingerprint density at radius 1 is 1.11 bits per heavy atom. The number of rotatable bonds is 5. The van der Waals surface area contributed by atoms with Gasteiger partial charge < -0.3 is 14.7 Å². The van der Waals surface area contributed by atoms with E-state index in [4.69, 9.17) is 9.36 Å². The van der Waals surface area contributed by atoms with Gasteiger partial charge in [0, 0.05) is 17.2 Å². The van der Waals surface area contributed by atoms with E-state index in [-0.39, 0.29) is 5.91 Å². The number of carbonyl (C=O) groups is 1. The smallest absolute Gasteiger partial charge is 0.269 e. The van der Waals surface area contributed by atoms with Crippen molar-refractivity contribution in [2.24, 2.45) is 5.16 Å². The molecule has 1 heterocycles. The van der Waals surface area contributed by atoms with E-state index < -0.39 is 6.10 Å². The number of anilines is 1. The van der Waals surface area contributed by atoms with Gasteiger partial charge in [-0.3, -0.25) is 4.79 Å². The second kappa shape index (κ2) is 7.07. The highest BCUT2D eigenvalue weighted by Gasteiger charge is 2.26. The van der Waals surface area contributed by atoms with Gasteiger partial charge in [-0.05, 0) is 24.5 Å². The molecule has 3 aromatic rings. The van der Waals surface area contributed by atoms with Crippen LogP contribution < -0.4 is 5.32 Å². The molecule has 0 radical (unpaired) electrons. The average molecular weight is 361 g/mol. The van der Waals surface area contributed by atoms with Crippen molar-refractivity contribution in [2.75, 3.05) is 5.32 Å². The van der Waals surface area contributed by atoms with Gasteiger partial charge in [0.1, 0.15) is 11.5 Å². The molecule has 2 aromatic carbocycles. The van der Waals surface area contributed by atoms with Gasteiger partial charge >= 0.3 is 0 Å². The predicted molar refractivity (Wildman–Crippen MR) is 103 cm³/mol. The molecule has 0 fully saturated rings. The van der Waals surface area contributed by atoms with Crippen LogP contribution >= 0.6 is 0 Å². The number of carbonyl (C=O) groups excluding carboxylic acids is 1. The Morgan fingerprint density at radius 3 is 2.22 bits per heavy atom. The molecule has 1 atom stereocenters. The molecule has 1 amide bonds. The van der Waals surface area contributed by atoms with Gasteiger partial charge in [-0.1, -0.05) is 65.8 Å². The monoisotopic (exact) mass is 361 g/mol. The lowest BCUT2D eigenvalue weighted by Crippen LogP contribution is -2.29. The summed E-state index contributed by atoms with van der Waals surface area (Å²) >= 11 is 0. The number of benzene rings is 2. The van der Waals surface area contributed by atoms with Gasteiger partial charge in [0.2, 0.25) is 6.10 Å². The number of hydrogen-bond acceptors (Lipinski definition) is 5. The van der Waals surface area contributed by atoms with Crippen molar-refractivity contribution in [1.82, 2.24) is 5.16 Å². The molecule has 1 unspecified atom stereocenters. The van der Waals surface area contributed by atoms with Crippen LogP contribution in [0.1, 0.15) is 30.2 Å². The quantitative estimate of drug-likeness (QED) is 0.542. The fraction of sp³-hybridized carbons (Fsp3) is 0.190. The van der Waals surface area contributed by atoms with Crippen molar-refractivity contribution in [3.63, 3.8) is 0 Å². The fourth-order valence-electron chi connectivity index (χ4n) is 3.15. The van der Waals surface area contributed by atoms with E-state index in [0.717, 1.165) is 28.0 Å². The molecule has 6 nitrogen and oxygen atoms in total. The third-order valence-corrected chi connectivity index (χ3v) is 4.47. The van der Waals surface area contributed by atoms with Crippen molar-refractivity contribution in [1.29, 1.82) is 0 Å². The first-order valence-corrected chi connectivity index (χ1v) is 8.84. The van der Waals surface area contributed by atoms with Gasteiger partial charge in [0.05, 0.1) is 0 Å². The van der Waals surface area contributed by atoms with Crippen LogP contribution in [0.25, 0.3) is 11.1 Å². The standard InChI is InChI=1S/C21H19N3O3/c1-3-18(21(25)22-19-12-13(2)26-23-19)27-24-20-16-10-6-4-8-14(16)15-9-5-7-11-17(15)20/h4-12,18H,3H2,1-2H3,(H,22,23,25). The molecule has 0 aliphatic heterocycles. The number of nitrogens with zero attached hydrogens (tertiary/aromatic N) is 2. The van der Waals surface area contributed by atoms with Crippen LogP contribution in [0.5, 0.6) is 0 Å². The first kappa shape index (κ1) is 17.0. The van der Waals surface area contributed by atoms with Crippen LogP contribution in [0.2, 0.25) is 0 Å². The molecule has 0 saturated heterocycles. The fourth-order valence-corrected chi connectivity index (χ4v) is 3.15. The zero-order valence-corrected chi connectivity index (χ0v) is 15.1. The number of nitrogens with one attached hydrogen (secondary N) is 1. The van der Waals surface area contributed by atoms with Crippen LogP contribution in [-0.4, -0.2) is 22.9 Å². The molecule has 27 heavy (non-hydrogen) atoms. The molecule has 1 aliphatic rings. The van der Waals surface area contributed by atoms with Crippen molar-refractivity contribution in [3.8, 4) is 11.1 Å². The molecule has 1 aromatic heterocycles.